The summed E-state index contributed by atoms with van der Waals surface area (Å²) in [5, 5.41) is 0.902. The number of aromatic nitrogens is 2. The molecule has 1 fully saturated rings. The van der Waals surface area contributed by atoms with Gasteiger partial charge in [-0.05, 0) is 37.1 Å². The van der Waals surface area contributed by atoms with Gasteiger partial charge in [0, 0.05) is 36.8 Å². The highest BCUT2D eigenvalue weighted by Gasteiger charge is 2.28. The van der Waals surface area contributed by atoms with Crippen molar-refractivity contribution in [3.05, 3.63) is 71.7 Å². The summed E-state index contributed by atoms with van der Waals surface area (Å²) in [4.78, 5) is 35.1. The van der Waals surface area contributed by atoms with Crippen LogP contribution >= 0.6 is 0 Å². The Hall–Kier alpha value is -3.28. The van der Waals surface area contributed by atoms with Crippen molar-refractivity contribution in [2.45, 2.75) is 18.8 Å². The molecule has 0 spiro atoms. The molecule has 27 heavy (non-hydrogen) atoms. The Morgan fingerprint density at radius 3 is 2.56 bits per heavy atom. The van der Waals surface area contributed by atoms with Crippen molar-refractivity contribution in [2.75, 3.05) is 13.1 Å². The average molecular weight is 360 g/mol. The highest BCUT2D eigenvalue weighted by Crippen LogP contribution is 2.31. The fraction of sp³-hybridized carbons (Fsp3) is 0.238. The van der Waals surface area contributed by atoms with Gasteiger partial charge in [0.25, 0.3) is 11.8 Å². The first-order valence-corrected chi connectivity index (χ1v) is 9.02. The lowest BCUT2D eigenvalue weighted by Gasteiger charge is -2.32. The number of pyridine rings is 2. The van der Waals surface area contributed by atoms with Gasteiger partial charge < -0.3 is 10.6 Å². The molecule has 0 aliphatic carbocycles. The summed E-state index contributed by atoms with van der Waals surface area (Å²) in [5.74, 6) is -0.365. The van der Waals surface area contributed by atoms with Crippen molar-refractivity contribution in [2.24, 2.45) is 5.73 Å². The number of carbonyl (C=O) groups is 2. The molecule has 1 aliphatic heterocycles. The zero-order valence-electron chi connectivity index (χ0n) is 14.8. The molecule has 1 aliphatic rings. The molecule has 3 aromatic rings. The van der Waals surface area contributed by atoms with Crippen LogP contribution in [-0.2, 0) is 0 Å². The number of hydrogen-bond acceptors (Lipinski definition) is 4. The number of hydrogen-bond donors (Lipinski definition) is 1. The number of para-hydroxylation sites is 1. The van der Waals surface area contributed by atoms with E-state index in [-0.39, 0.29) is 11.8 Å². The molecule has 2 aromatic heterocycles. The first kappa shape index (κ1) is 17.1. The molecule has 3 heterocycles. The number of primary amides is 1. The molecule has 4 rings (SSSR count). The van der Waals surface area contributed by atoms with Gasteiger partial charge in [0.2, 0.25) is 0 Å². The summed E-state index contributed by atoms with van der Waals surface area (Å²) in [6, 6.07) is 13.1. The Labute approximate surface area is 157 Å². The zero-order valence-corrected chi connectivity index (χ0v) is 14.8. The van der Waals surface area contributed by atoms with Gasteiger partial charge in [-0.1, -0.05) is 18.2 Å². The lowest BCUT2D eigenvalue weighted by Crippen LogP contribution is -2.38. The van der Waals surface area contributed by atoms with Crippen LogP contribution in [0, 0.1) is 0 Å². The molecule has 0 atom stereocenters. The van der Waals surface area contributed by atoms with E-state index in [2.05, 4.69) is 4.98 Å². The van der Waals surface area contributed by atoms with Crippen LogP contribution in [0.25, 0.3) is 10.9 Å². The van der Waals surface area contributed by atoms with Crippen molar-refractivity contribution in [1.29, 1.82) is 0 Å². The van der Waals surface area contributed by atoms with E-state index in [1.807, 2.05) is 35.2 Å². The van der Waals surface area contributed by atoms with Crippen molar-refractivity contribution < 1.29 is 9.59 Å². The molecule has 2 N–H and O–H groups in total. The number of piperidine rings is 1. The Morgan fingerprint density at radius 2 is 1.85 bits per heavy atom. The van der Waals surface area contributed by atoms with E-state index >= 15 is 0 Å². The van der Waals surface area contributed by atoms with E-state index in [0.29, 0.717) is 24.2 Å². The fourth-order valence-electron chi connectivity index (χ4n) is 3.67. The number of nitrogens with two attached hydrogens (primary N) is 1. The van der Waals surface area contributed by atoms with Crippen LogP contribution in [-0.4, -0.2) is 39.8 Å². The first-order valence-electron chi connectivity index (χ1n) is 9.02. The summed E-state index contributed by atoms with van der Waals surface area (Å²) < 4.78 is 0. The van der Waals surface area contributed by atoms with E-state index in [1.54, 1.807) is 24.5 Å². The lowest BCUT2D eigenvalue weighted by atomic mass is 9.89. The Kier molecular flexibility index (Phi) is 4.54. The minimum atomic E-state index is -0.461. The molecule has 0 saturated carbocycles. The van der Waals surface area contributed by atoms with Gasteiger partial charge in [0.1, 0.15) is 0 Å². The molecule has 1 saturated heterocycles. The van der Waals surface area contributed by atoms with Crippen molar-refractivity contribution in [3.8, 4) is 0 Å². The number of amides is 2. The van der Waals surface area contributed by atoms with Crippen molar-refractivity contribution >= 4 is 22.7 Å². The predicted molar refractivity (Wildman–Crippen MR) is 102 cm³/mol. The van der Waals surface area contributed by atoms with Gasteiger partial charge >= 0.3 is 0 Å². The van der Waals surface area contributed by atoms with E-state index < -0.39 is 5.91 Å². The predicted octanol–water partition coefficient (Wildman–Crippen LogP) is 2.75. The third kappa shape index (κ3) is 3.38. The summed E-state index contributed by atoms with van der Waals surface area (Å²) in [7, 11) is 0. The normalized spacial score (nSPS) is 15.0. The van der Waals surface area contributed by atoms with Crippen LogP contribution in [0.3, 0.4) is 0 Å². The van der Waals surface area contributed by atoms with Gasteiger partial charge in [-0.3, -0.25) is 19.6 Å². The monoisotopic (exact) mass is 360 g/mol. The third-order valence-corrected chi connectivity index (χ3v) is 5.10. The lowest BCUT2D eigenvalue weighted by molar-refractivity contribution is 0.0710. The maximum atomic E-state index is 12.6. The topological polar surface area (TPSA) is 89.2 Å². The summed E-state index contributed by atoms with van der Waals surface area (Å²) in [6.45, 7) is 1.23. The van der Waals surface area contributed by atoms with Crippen LogP contribution in [0.2, 0.25) is 0 Å². The Bertz CT molecular complexity index is 995. The molecular weight excluding hydrogens is 340 g/mol. The minimum absolute atomic E-state index is 0.0110. The quantitative estimate of drug-likeness (QED) is 0.778. The van der Waals surface area contributed by atoms with Gasteiger partial charge in [-0.15, -0.1) is 0 Å². The Morgan fingerprint density at radius 1 is 1.07 bits per heavy atom. The van der Waals surface area contributed by atoms with Gasteiger partial charge in [-0.25, -0.2) is 0 Å². The molecule has 0 unspecified atom stereocenters. The zero-order chi connectivity index (χ0) is 18.8. The third-order valence-electron chi connectivity index (χ3n) is 5.10. The van der Waals surface area contributed by atoms with E-state index in [0.717, 1.165) is 29.4 Å². The second-order valence-corrected chi connectivity index (χ2v) is 6.79. The number of fused-ring (bicyclic) bond motifs is 1. The van der Waals surface area contributed by atoms with Gasteiger partial charge in [-0.2, -0.15) is 0 Å². The van der Waals surface area contributed by atoms with Crippen molar-refractivity contribution in [1.82, 2.24) is 14.9 Å². The average Bonchev–Trinajstić information content (AvgIpc) is 2.73. The van der Waals surface area contributed by atoms with Crippen LogP contribution < -0.4 is 5.73 Å². The fourth-order valence-corrected chi connectivity index (χ4v) is 3.67. The molecule has 6 heteroatoms. The summed E-state index contributed by atoms with van der Waals surface area (Å²) >= 11 is 0. The van der Waals surface area contributed by atoms with Gasteiger partial charge in [0.15, 0.2) is 0 Å². The standard InChI is InChI=1S/C21H20N4O2/c22-20(26)17-12-15-4-1-2-6-18(15)24-19(17)14-7-10-25(11-8-14)21(27)16-5-3-9-23-13-16/h1-6,9,12-14H,7-8,10-11H2,(H2,22,26). The molecule has 136 valence electrons. The number of likely N-dealkylation sites (tertiary alicyclic amines) is 1. The van der Waals surface area contributed by atoms with Crippen LogP contribution in [0.5, 0.6) is 0 Å². The van der Waals surface area contributed by atoms with Crippen LogP contribution in [0.1, 0.15) is 45.2 Å². The largest absolute Gasteiger partial charge is 0.366 e. The SMILES string of the molecule is NC(=O)c1cc2ccccc2nc1C1CCN(C(=O)c2cccnc2)CC1. The molecule has 6 nitrogen and oxygen atoms in total. The van der Waals surface area contributed by atoms with Crippen LogP contribution in [0.15, 0.2) is 54.9 Å². The van der Waals surface area contributed by atoms with Crippen LogP contribution in [0.4, 0.5) is 0 Å². The second kappa shape index (κ2) is 7.15. The smallest absolute Gasteiger partial charge is 0.255 e. The van der Waals surface area contributed by atoms with E-state index in [4.69, 9.17) is 10.7 Å². The maximum Gasteiger partial charge on any atom is 0.255 e. The first-order chi connectivity index (χ1) is 13.1. The Balaban J connectivity index is 1.57. The number of nitrogens with zero attached hydrogens (tertiary/aromatic N) is 3. The highest BCUT2D eigenvalue weighted by molar-refractivity contribution is 5.98. The van der Waals surface area contributed by atoms with E-state index in [1.165, 1.54) is 0 Å². The summed E-state index contributed by atoms with van der Waals surface area (Å²) in [5.41, 5.74) is 8.28. The minimum Gasteiger partial charge on any atom is -0.366 e. The van der Waals surface area contributed by atoms with Crippen molar-refractivity contribution in [3.63, 3.8) is 0 Å². The van der Waals surface area contributed by atoms with Gasteiger partial charge in [0.05, 0.1) is 22.3 Å². The molecule has 0 bridgehead atoms. The number of carbonyl (C=O) groups excluding carboxylic acids is 2. The number of benzene rings is 1. The molecule has 2 amide bonds. The van der Waals surface area contributed by atoms with E-state index in [9.17, 15) is 9.59 Å². The number of rotatable bonds is 3. The second-order valence-electron chi connectivity index (χ2n) is 6.79. The molecule has 0 radical (unpaired) electrons. The molecular formula is C21H20N4O2. The summed E-state index contributed by atoms with van der Waals surface area (Å²) in [6.07, 6.45) is 4.74. The maximum absolute atomic E-state index is 12.6. The highest BCUT2D eigenvalue weighted by atomic mass is 16.2. The molecule has 1 aromatic carbocycles.